The second kappa shape index (κ2) is 7.34. The normalized spacial score (nSPS) is 11.9. The number of hydrogen-bond acceptors (Lipinski definition) is 4. The molecule has 0 saturated carbocycles. The Morgan fingerprint density at radius 1 is 1.30 bits per heavy atom. The average molecular weight is 336 g/mol. The molecule has 0 fully saturated rings. The first-order chi connectivity index (χ1) is 10.4. The second-order valence-electron chi connectivity index (χ2n) is 5.77. The Labute approximate surface area is 131 Å². The zero-order valence-corrected chi connectivity index (χ0v) is 13.0. The van der Waals surface area contributed by atoms with E-state index in [9.17, 15) is 22.8 Å². The largest absolute Gasteiger partial charge is 0.444 e. The van der Waals surface area contributed by atoms with E-state index in [-0.39, 0.29) is 18.7 Å². The number of amides is 2. The summed E-state index contributed by atoms with van der Waals surface area (Å²) in [4.78, 5) is 23.0. The highest BCUT2D eigenvalue weighted by Gasteiger charge is 2.28. The van der Waals surface area contributed by atoms with Crippen LogP contribution in [-0.2, 0) is 16.1 Å². The van der Waals surface area contributed by atoms with Gasteiger partial charge in [-0.05, 0) is 20.8 Å². The van der Waals surface area contributed by atoms with Gasteiger partial charge in [0.1, 0.15) is 12.1 Å². The molecule has 0 saturated heterocycles. The minimum Gasteiger partial charge on any atom is -0.444 e. The molecule has 0 radical (unpaired) electrons. The summed E-state index contributed by atoms with van der Waals surface area (Å²) in [5, 5.41) is 8.28. The van der Waals surface area contributed by atoms with Crippen molar-refractivity contribution >= 4 is 17.7 Å². The van der Waals surface area contributed by atoms with Gasteiger partial charge >= 0.3 is 12.3 Å². The highest BCUT2D eigenvalue weighted by molar-refractivity contribution is 5.90. The maximum absolute atomic E-state index is 12.2. The van der Waals surface area contributed by atoms with Gasteiger partial charge in [-0.2, -0.15) is 18.3 Å². The van der Waals surface area contributed by atoms with Crippen LogP contribution in [0, 0.1) is 0 Å². The second-order valence-corrected chi connectivity index (χ2v) is 5.77. The van der Waals surface area contributed by atoms with Crippen LogP contribution in [0.1, 0.15) is 27.2 Å². The number of alkyl carbamates (subject to hydrolysis) is 1. The molecule has 1 aromatic rings. The van der Waals surface area contributed by atoms with E-state index >= 15 is 0 Å². The summed E-state index contributed by atoms with van der Waals surface area (Å²) in [7, 11) is 0. The van der Waals surface area contributed by atoms with E-state index in [1.165, 1.54) is 0 Å². The first-order valence-corrected chi connectivity index (χ1v) is 6.80. The highest BCUT2D eigenvalue weighted by Crippen LogP contribution is 2.18. The van der Waals surface area contributed by atoms with Gasteiger partial charge in [0.25, 0.3) is 0 Å². The SMILES string of the molecule is CC(C)(C)OC(=O)NCCC(=O)Nc1cnn(CC(F)(F)F)c1. The van der Waals surface area contributed by atoms with Crippen LogP contribution >= 0.6 is 0 Å². The first kappa shape index (κ1) is 18.8. The fraction of sp³-hybridized carbons (Fsp3) is 0.615. The van der Waals surface area contributed by atoms with Crippen molar-refractivity contribution in [1.29, 1.82) is 0 Å². The van der Waals surface area contributed by atoms with E-state index < -0.39 is 30.3 Å². The molecule has 2 N–H and O–H groups in total. The summed E-state index contributed by atoms with van der Waals surface area (Å²) >= 11 is 0. The average Bonchev–Trinajstić information content (AvgIpc) is 2.71. The van der Waals surface area contributed by atoms with Crippen LogP contribution in [-0.4, -0.2) is 40.1 Å². The summed E-state index contributed by atoms with van der Waals surface area (Å²) in [5.41, 5.74) is -0.490. The van der Waals surface area contributed by atoms with Crippen molar-refractivity contribution in [3.8, 4) is 0 Å². The summed E-state index contributed by atoms with van der Waals surface area (Å²) in [6, 6.07) is 0. The van der Waals surface area contributed by atoms with E-state index in [0.717, 1.165) is 12.4 Å². The summed E-state index contributed by atoms with van der Waals surface area (Å²) in [5.74, 6) is -0.465. The van der Waals surface area contributed by atoms with Crippen molar-refractivity contribution in [3.05, 3.63) is 12.4 Å². The first-order valence-electron chi connectivity index (χ1n) is 6.80. The number of nitrogens with zero attached hydrogens (tertiary/aromatic N) is 2. The Morgan fingerprint density at radius 2 is 1.96 bits per heavy atom. The number of rotatable bonds is 5. The van der Waals surface area contributed by atoms with Gasteiger partial charge in [0.05, 0.1) is 11.9 Å². The number of hydrogen-bond donors (Lipinski definition) is 2. The van der Waals surface area contributed by atoms with Crippen molar-refractivity contribution in [2.45, 2.75) is 45.5 Å². The van der Waals surface area contributed by atoms with Gasteiger partial charge in [-0.15, -0.1) is 0 Å². The van der Waals surface area contributed by atoms with E-state index in [0.29, 0.717) is 4.68 Å². The lowest BCUT2D eigenvalue weighted by atomic mass is 10.2. The van der Waals surface area contributed by atoms with Crippen molar-refractivity contribution in [2.24, 2.45) is 0 Å². The maximum atomic E-state index is 12.2. The summed E-state index contributed by atoms with van der Waals surface area (Å²) < 4.78 is 42.2. The van der Waals surface area contributed by atoms with Crippen LogP contribution in [0.3, 0.4) is 0 Å². The molecule has 7 nitrogen and oxygen atoms in total. The fourth-order valence-corrected chi connectivity index (χ4v) is 1.51. The minimum atomic E-state index is -4.38. The van der Waals surface area contributed by atoms with Crippen LogP contribution in [0.15, 0.2) is 12.4 Å². The summed E-state index contributed by atoms with van der Waals surface area (Å²) in [6.45, 7) is 3.92. The molecule has 23 heavy (non-hydrogen) atoms. The topological polar surface area (TPSA) is 85.2 Å². The van der Waals surface area contributed by atoms with E-state index in [1.807, 2.05) is 0 Å². The van der Waals surface area contributed by atoms with E-state index in [4.69, 9.17) is 4.74 Å². The minimum absolute atomic E-state index is 0.0391. The lowest BCUT2D eigenvalue weighted by Gasteiger charge is -2.19. The van der Waals surface area contributed by atoms with Gasteiger partial charge in [0, 0.05) is 19.2 Å². The zero-order chi connectivity index (χ0) is 17.7. The Balaban J connectivity index is 2.33. The number of ether oxygens (including phenoxy) is 1. The molecule has 1 aromatic heterocycles. The predicted octanol–water partition coefficient (Wildman–Crippen LogP) is 2.30. The highest BCUT2D eigenvalue weighted by atomic mass is 19.4. The Morgan fingerprint density at radius 3 is 2.52 bits per heavy atom. The lowest BCUT2D eigenvalue weighted by molar-refractivity contribution is -0.142. The monoisotopic (exact) mass is 336 g/mol. The third-order valence-corrected chi connectivity index (χ3v) is 2.28. The van der Waals surface area contributed by atoms with Crippen molar-refractivity contribution in [2.75, 3.05) is 11.9 Å². The van der Waals surface area contributed by atoms with Gasteiger partial charge in [0.2, 0.25) is 5.91 Å². The maximum Gasteiger partial charge on any atom is 0.408 e. The Bertz CT molecular complexity index is 549. The molecule has 0 aromatic carbocycles. The lowest BCUT2D eigenvalue weighted by Crippen LogP contribution is -2.34. The number of carbonyl (C=O) groups is 2. The molecule has 10 heteroatoms. The van der Waals surface area contributed by atoms with Gasteiger partial charge in [-0.3, -0.25) is 9.48 Å². The fourth-order valence-electron chi connectivity index (χ4n) is 1.51. The van der Waals surface area contributed by atoms with Gasteiger partial charge in [0.15, 0.2) is 0 Å². The van der Waals surface area contributed by atoms with E-state index in [2.05, 4.69) is 15.7 Å². The molecule has 0 unspecified atom stereocenters. The zero-order valence-electron chi connectivity index (χ0n) is 13.0. The van der Waals surface area contributed by atoms with Crippen LogP contribution < -0.4 is 10.6 Å². The smallest absolute Gasteiger partial charge is 0.408 e. The molecule has 0 spiro atoms. The van der Waals surface area contributed by atoms with Crippen LogP contribution in [0.5, 0.6) is 0 Å². The quantitative estimate of drug-likeness (QED) is 0.864. The Hall–Kier alpha value is -2.26. The number of alkyl halides is 3. The third-order valence-electron chi connectivity index (χ3n) is 2.28. The predicted molar refractivity (Wildman–Crippen MR) is 75.8 cm³/mol. The van der Waals surface area contributed by atoms with Crippen molar-refractivity contribution in [1.82, 2.24) is 15.1 Å². The van der Waals surface area contributed by atoms with Crippen molar-refractivity contribution in [3.63, 3.8) is 0 Å². The molecule has 0 bridgehead atoms. The van der Waals surface area contributed by atoms with Gasteiger partial charge in [-0.1, -0.05) is 0 Å². The Kier molecular flexibility index (Phi) is 5.99. The standard InChI is InChI=1S/C13H19F3N4O3/c1-12(2,3)23-11(22)17-5-4-10(21)19-9-6-18-20(7-9)8-13(14,15)16/h6-7H,4-5,8H2,1-3H3,(H,17,22)(H,19,21). The molecule has 1 rings (SSSR count). The number of aromatic nitrogens is 2. The molecular formula is C13H19F3N4O3. The van der Waals surface area contributed by atoms with E-state index in [1.54, 1.807) is 20.8 Å². The molecule has 0 aliphatic rings. The molecule has 2 amide bonds. The van der Waals surface area contributed by atoms with Crippen LogP contribution in [0.4, 0.5) is 23.7 Å². The molecular weight excluding hydrogens is 317 g/mol. The van der Waals surface area contributed by atoms with Crippen molar-refractivity contribution < 1.29 is 27.5 Å². The molecule has 0 aliphatic heterocycles. The molecule has 130 valence electrons. The summed E-state index contributed by atoms with van der Waals surface area (Å²) in [6.07, 6.45) is -2.89. The number of halogens is 3. The van der Waals surface area contributed by atoms with Crippen LogP contribution in [0.25, 0.3) is 0 Å². The van der Waals surface area contributed by atoms with Gasteiger partial charge in [-0.25, -0.2) is 4.79 Å². The molecule has 0 atom stereocenters. The third kappa shape index (κ3) is 8.69. The number of carbonyl (C=O) groups excluding carboxylic acids is 2. The van der Waals surface area contributed by atoms with Gasteiger partial charge < -0.3 is 15.4 Å². The number of nitrogens with one attached hydrogen (secondary N) is 2. The molecule has 1 heterocycles. The van der Waals surface area contributed by atoms with Crippen LogP contribution in [0.2, 0.25) is 0 Å². The number of anilines is 1. The molecule has 0 aliphatic carbocycles.